The highest BCUT2D eigenvalue weighted by atomic mass is 16.6. The lowest BCUT2D eigenvalue weighted by molar-refractivity contribution is -0.157. The van der Waals surface area contributed by atoms with Gasteiger partial charge in [-0.25, -0.2) is 0 Å². The Labute approximate surface area is 82.5 Å². The molecule has 76 valence electrons. The Morgan fingerprint density at radius 1 is 1.57 bits per heavy atom. The summed E-state index contributed by atoms with van der Waals surface area (Å²) in [5, 5.41) is 0. The Kier molecular flexibility index (Phi) is 2.06. The number of carbonyl (C=O) groups is 2. The largest absolute Gasteiger partial charge is 0.437 e. The van der Waals surface area contributed by atoms with Crippen LogP contribution >= 0.6 is 0 Å². The summed E-state index contributed by atoms with van der Waals surface area (Å²) in [7, 11) is 1.64. The molecule has 1 aliphatic carbocycles. The molecule has 1 unspecified atom stereocenters. The molecule has 1 saturated carbocycles. The van der Waals surface area contributed by atoms with Crippen LogP contribution < -0.4 is 0 Å². The Hall–Kier alpha value is -1.32. The van der Waals surface area contributed by atoms with E-state index in [0.717, 1.165) is 12.8 Å². The fourth-order valence-corrected chi connectivity index (χ4v) is 1.44. The van der Waals surface area contributed by atoms with E-state index >= 15 is 0 Å². The van der Waals surface area contributed by atoms with Gasteiger partial charge in [0.25, 0.3) is 5.91 Å². The first-order chi connectivity index (χ1) is 6.59. The molecule has 14 heavy (non-hydrogen) atoms. The molecule has 0 aromatic heterocycles. The number of likely N-dealkylation sites (N-methyl/N-ethyl adjacent to an activating group) is 1. The van der Waals surface area contributed by atoms with Crippen molar-refractivity contribution in [1.82, 2.24) is 4.90 Å². The van der Waals surface area contributed by atoms with Gasteiger partial charge >= 0.3 is 5.97 Å². The molecule has 1 amide bonds. The van der Waals surface area contributed by atoms with Crippen molar-refractivity contribution in [3.63, 3.8) is 0 Å². The summed E-state index contributed by atoms with van der Waals surface area (Å²) in [6.07, 6.45) is 3.04. The maximum atomic E-state index is 11.3. The number of hydrogen-bond acceptors (Lipinski definition) is 3. The summed E-state index contributed by atoms with van der Waals surface area (Å²) in [4.78, 5) is 24.1. The van der Waals surface area contributed by atoms with Crippen LogP contribution in [0.5, 0.6) is 0 Å². The van der Waals surface area contributed by atoms with Gasteiger partial charge in [0.15, 0.2) is 6.23 Å². The molecule has 1 aliphatic heterocycles. The molecular formula is C10H13NO3. The van der Waals surface area contributed by atoms with Crippen molar-refractivity contribution in [2.75, 3.05) is 7.05 Å². The van der Waals surface area contributed by atoms with Crippen LogP contribution in [0.4, 0.5) is 0 Å². The molecule has 4 nitrogen and oxygen atoms in total. The van der Waals surface area contributed by atoms with E-state index in [1.807, 2.05) is 0 Å². The monoisotopic (exact) mass is 195 g/mol. The third-order valence-electron chi connectivity index (χ3n) is 2.58. The van der Waals surface area contributed by atoms with Crippen molar-refractivity contribution in [1.29, 1.82) is 0 Å². The second-order valence-corrected chi connectivity index (χ2v) is 3.87. The van der Waals surface area contributed by atoms with Gasteiger partial charge in [-0.15, -0.1) is 0 Å². The van der Waals surface area contributed by atoms with Gasteiger partial charge in [-0.05, 0) is 25.8 Å². The van der Waals surface area contributed by atoms with E-state index < -0.39 is 6.23 Å². The highest BCUT2D eigenvalue weighted by Crippen LogP contribution is 2.31. The summed E-state index contributed by atoms with van der Waals surface area (Å²) in [6.45, 7) is 1.73. The van der Waals surface area contributed by atoms with Crippen LogP contribution in [-0.4, -0.2) is 30.1 Å². The number of esters is 1. The molecule has 2 aliphatic rings. The van der Waals surface area contributed by atoms with E-state index in [2.05, 4.69) is 0 Å². The molecule has 1 atom stereocenters. The number of rotatable bonds is 2. The first-order valence-electron chi connectivity index (χ1n) is 4.75. The van der Waals surface area contributed by atoms with Gasteiger partial charge in [0.1, 0.15) is 0 Å². The van der Waals surface area contributed by atoms with E-state index in [4.69, 9.17) is 4.74 Å². The van der Waals surface area contributed by atoms with E-state index in [1.165, 1.54) is 4.90 Å². The van der Waals surface area contributed by atoms with Gasteiger partial charge < -0.3 is 9.64 Å². The average Bonchev–Trinajstić information content (AvgIpc) is 2.93. The second-order valence-electron chi connectivity index (χ2n) is 3.87. The molecule has 2 rings (SSSR count). The minimum Gasteiger partial charge on any atom is -0.437 e. The molecule has 1 heterocycles. The minimum absolute atomic E-state index is 0.0707. The van der Waals surface area contributed by atoms with Crippen molar-refractivity contribution >= 4 is 11.9 Å². The van der Waals surface area contributed by atoms with Gasteiger partial charge in [0.05, 0.1) is 5.92 Å². The lowest BCUT2D eigenvalue weighted by atomic mass is 10.3. The number of carbonyl (C=O) groups excluding carboxylic acids is 2. The third-order valence-corrected chi connectivity index (χ3v) is 2.58. The molecular weight excluding hydrogens is 182 g/mol. The molecule has 0 saturated heterocycles. The van der Waals surface area contributed by atoms with Crippen molar-refractivity contribution in [3.8, 4) is 0 Å². The molecule has 0 radical (unpaired) electrons. The molecule has 0 bridgehead atoms. The summed E-state index contributed by atoms with van der Waals surface area (Å²) < 4.78 is 5.18. The Bertz CT molecular complexity index is 317. The summed E-state index contributed by atoms with van der Waals surface area (Å²) >= 11 is 0. The average molecular weight is 195 g/mol. The fraction of sp³-hybridized carbons (Fsp3) is 0.600. The van der Waals surface area contributed by atoms with Gasteiger partial charge in [0.2, 0.25) is 0 Å². The molecule has 0 aromatic carbocycles. The predicted octanol–water partition coefficient (Wildman–Crippen LogP) is 0.684. The molecule has 4 heteroatoms. The first-order valence-corrected chi connectivity index (χ1v) is 4.75. The quantitative estimate of drug-likeness (QED) is 0.609. The van der Waals surface area contributed by atoms with Crippen LogP contribution in [0.2, 0.25) is 0 Å². The van der Waals surface area contributed by atoms with Gasteiger partial charge in [-0.2, -0.15) is 0 Å². The normalized spacial score (nSPS) is 26.4. The number of nitrogens with zero attached hydrogens (tertiary/aromatic N) is 1. The summed E-state index contributed by atoms with van der Waals surface area (Å²) in [5.74, 6) is -0.174. The summed E-state index contributed by atoms with van der Waals surface area (Å²) in [6, 6.07) is 0. The maximum Gasteiger partial charge on any atom is 0.311 e. The number of amides is 1. The van der Waals surface area contributed by atoms with Gasteiger partial charge in [0, 0.05) is 12.6 Å². The van der Waals surface area contributed by atoms with E-state index in [1.54, 1.807) is 20.0 Å². The van der Waals surface area contributed by atoms with Crippen molar-refractivity contribution in [2.45, 2.75) is 26.0 Å². The number of ether oxygens (including phenoxy) is 1. The SMILES string of the molecule is CC1=CC(OC(=O)C2CC2)N(C)C1=O. The molecule has 0 N–H and O–H groups in total. The van der Waals surface area contributed by atoms with Gasteiger partial charge in [-0.1, -0.05) is 0 Å². The summed E-state index contributed by atoms with van der Waals surface area (Å²) in [5.41, 5.74) is 0.640. The van der Waals surface area contributed by atoms with Crippen LogP contribution in [0, 0.1) is 5.92 Å². The third kappa shape index (κ3) is 1.52. The fourth-order valence-electron chi connectivity index (χ4n) is 1.44. The van der Waals surface area contributed by atoms with Gasteiger partial charge in [-0.3, -0.25) is 9.59 Å². The topological polar surface area (TPSA) is 46.6 Å². The zero-order valence-corrected chi connectivity index (χ0v) is 8.32. The highest BCUT2D eigenvalue weighted by Gasteiger charge is 2.36. The standard InChI is InChI=1S/C10H13NO3/c1-6-5-8(11(2)9(6)12)14-10(13)7-3-4-7/h5,7-8H,3-4H2,1-2H3. The smallest absolute Gasteiger partial charge is 0.311 e. The van der Waals surface area contributed by atoms with E-state index in [-0.39, 0.29) is 17.8 Å². The van der Waals surface area contributed by atoms with Crippen LogP contribution in [0.3, 0.4) is 0 Å². The molecule has 0 spiro atoms. The Balaban J connectivity index is 1.98. The first kappa shape index (κ1) is 9.24. The van der Waals surface area contributed by atoms with Crippen molar-refractivity contribution in [2.24, 2.45) is 5.92 Å². The van der Waals surface area contributed by atoms with E-state index in [9.17, 15) is 9.59 Å². The molecule has 0 aromatic rings. The maximum absolute atomic E-state index is 11.3. The minimum atomic E-state index is -0.490. The van der Waals surface area contributed by atoms with Crippen molar-refractivity contribution in [3.05, 3.63) is 11.6 Å². The molecule has 1 fully saturated rings. The lowest BCUT2D eigenvalue weighted by Crippen LogP contribution is -2.34. The van der Waals surface area contributed by atoms with Crippen molar-refractivity contribution < 1.29 is 14.3 Å². The van der Waals surface area contributed by atoms with E-state index in [0.29, 0.717) is 5.57 Å². The second kappa shape index (κ2) is 3.12. The zero-order valence-electron chi connectivity index (χ0n) is 8.32. The highest BCUT2D eigenvalue weighted by molar-refractivity contribution is 5.95. The Morgan fingerprint density at radius 2 is 2.21 bits per heavy atom. The Morgan fingerprint density at radius 3 is 2.64 bits per heavy atom. The lowest BCUT2D eigenvalue weighted by Gasteiger charge is -2.19. The predicted molar refractivity (Wildman–Crippen MR) is 49.1 cm³/mol. The van der Waals surface area contributed by atoms with Crippen LogP contribution in [0.25, 0.3) is 0 Å². The zero-order chi connectivity index (χ0) is 10.3. The number of hydrogen-bond donors (Lipinski definition) is 0. The van der Waals surface area contributed by atoms with Crippen LogP contribution in [-0.2, 0) is 14.3 Å². The van der Waals surface area contributed by atoms with Crippen LogP contribution in [0.15, 0.2) is 11.6 Å². The van der Waals surface area contributed by atoms with Crippen LogP contribution in [0.1, 0.15) is 19.8 Å².